The number of carboxylic acid groups (broad SMARTS) is 1. The average Bonchev–Trinajstić information content (AvgIpc) is 2.69. The van der Waals surface area contributed by atoms with Crippen molar-refractivity contribution in [2.45, 2.75) is 44.6 Å². The first-order valence-corrected chi connectivity index (χ1v) is 7.96. The lowest BCUT2D eigenvalue weighted by Gasteiger charge is -2.17. The molecule has 0 spiro atoms. The maximum Gasteiger partial charge on any atom is 0.335 e. The molecule has 3 N–H and O–H groups in total. The Kier molecular flexibility index (Phi) is 5.61. The molecule has 1 aromatic rings. The van der Waals surface area contributed by atoms with Crippen LogP contribution in [0.1, 0.15) is 48.9 Å². The van der Waals surface area contributed by atoms with Crippen LogP contribution >= 0.6 is 15.9 Å². The van der Waals surface area contributed by atoms with E-state index < -0.39 is 5.97 Å². The molecule has 1 aliphatic carbocycles. The maximum atomic E-state index is 12.0. The molecule has 0 saturated heterocycles. The zero-order valence-corrected chi connectivity index (χ0v) is 13.3. The van der Waals surface area contributed by atoms with Crippen molar-refractivity contribution in [3.8, 4) is 0 Å². The molecule has 0 aliphatic heterocycles. The van der Waals surface area contributed by atoms with Gasteiger partial charge in [-0.3, -0.25) is 0 Å². The number of halogens is 1. The van der Waals surface area contributed by atoms with Crippen LogP contribution in [0, 0.1) is 0 Å². The number of hydrogen-bond donors (Lipinski definition) is 3. The molecule has 1 aromatic carbocycles. The number of rotatable bonds is 3. The second kappa shape index (κ2) is 7.45. The minimum atomic E-state index is -0.995. The summed E-state index contributed by atoms with van der Waals surface area (Å²) in [5.74, 6) is -0.995. The first kappa shape index (κ1) is 15.8. The fraction of sp³-hybridized carbons (Fsp3) is 0.467. The number of carboxylic acids is 1. The monoisotopic (exact) mass is 354 g/mol. The summed E-state index contributed by atoms with van der Waals surface area (Å²) in [6.07, 6.45) is 6.83. The van der Waals surface area contributed by atoms with Gasteiger partial charge in [-0.05, 0) is 47.0 Å². The molecule has 5 nitrogen and oxygen atoms in total. The molecule has 0 aromatic heterocycles. The molecule has 6 heteroatoms. The average molecular weight is 355 g/mol. The van der Waals surface area contributed by atoms with E-state index in [4.69, 9.17) is 5.11 Å². The zero-order chi connectivity index (χ0) is 15.2. The number of anilines is 1. The minimum absolute atomic E-state index is 0.177. The minimum Gasteiger partial charge on any atom is -0.478 e. The summed E-state index contributed by atoms with van der Waals surface area (Å²) in [5.41, 5.74) is 0.739. The van der Waals surface area contributed by atoms with E-state index >= 15 is 0 Å². The predicted octanol–water partition coefficient (Wildman–Crippen LogP) is 3.99. The molecule has 0 unspecified atom stereocenters. The van der Waals surface area contributed by atoms with Gasteiger partial charge in [0.25, 0.3) is 0 Å². The molecule has 2 rings (SSSR count). The van der Waals surface area contributed by atoms with Crippen molar-refractivity contribution in [2.24, 2.45) is 0 Å². The number of carbonyl (C=O) groups is 2. The Balaban J connectivity index is 1.94. The van der Waals surface area contributed by atoms with Crippen molar-refractivity contribution in [3.05, 3.63) is 28.2 Å². The van der Waals surface area contributed by atoms with Gasteiger partial charge >= 0.3 is 12.0 Å². The Bertz CT molecular complexity index is 526. The summed E-state index contributed by atoms with van der Waals surface area (Å²) in [6, 6.07) is 4.51. The van der Waals surface area contributed by atoms with Gasteiger partial charge in [-0.1, -0.05) is 25.7 Å². The highest BCUT2D eigenvalue weighted by Crippen LogP contribution is 2.24. The number of hydrogen-bond acceptors (Lipinski definition) is 2. The van der Waals surface area contributed by atoms with Gasteiger partial charge in [0, 0.05) is 10.5 Å². The van der Waals surface area contributed by atoms with Gasteiger partial charge in [0.15, 0.2) is 0 Å². The third-order valence-corrected chi connectivity index (χ3v) is 4.31. The standard InChI is InChI=1S/C15H19BrN2O3/c16-12-9-10(14(19)20)7-8-13(12)18-15(21)17-11-5-3-1-2-4-6-11/h7-9,11H,1-6H2,(H,19,20)(H2,17,18,21). The van der Waals surface area contributed by atoms with Gasteiger partial charge in [0.05, 0.1) is 11.3 Å². The Morgan fingerprint density at radius 2 is 1.81 bits per heavy atom. The van der Waals surface area contributed by atoms with Crippen molar-refractivity contribution >= 4 is 33.6 Å². The molecule has 0 atom stereocenters. The van der Waals surface area contributed by atoms with Crippen molar-refractivity contribution in [2.75, 3.05) is 5.32 Å². The topological polar surface area (TPSA) is 78.4 Å². The Hall–Kier alpha value is -1.56. The summed E-state index contributed by atoms with van der Waals surface area (Å²) in [5, 5.41) is 14.6. The number of aromatic carboxylic acids is 1. The number of amides is 2. The lowest BCUT2D eigenvalue weighted by atomic mass is 10.1. The number of urea groups is 1. The molecule has 21 heavy (non-hydrogen) atoms. The van der Waals surface area contributed by atoms with Gasteiger partial charge < -0.3 is 15.7 Å². The van der Waals surface area contributed by atoms with Crippen molar-refractivity contribution in [1.29, 1.82) is 0 Å². The number of nitrogens with one attached hydrogen (secondary N) is 2. The lowest BCUT2D eigenvalue weighted by Crippen LogP contribution is -2.37. The molecule has 2 amide bonds. The van der Waals surface area contributed by atoms with Gasteiger partial charge in [0.1, 0.15) is 0 Å². The molecule has 114 valence electrons. The molecule has 1 aliphatic rings. The summed E-state index contributed by atoms with van der Waals surface area (Å²) >= 11 is 3.28. The molecule has 0 heterocycles. The normalized spacial score (nSPS) is 16.0. The van der Waals surface area contributed by atoms with E-state index in [1.54, 1.807) is 6.07 Å². The van der Waals surface area contributed by atoms with E-state index in [0.717, 1.165) is 25.7 Å². The van der Waals surface area contributed by atoms with Gasteiger partial charge in [-0.2, -0.15) is 0 Å². The van der Waals surface area contributed by atoms with Crippen molar-refractivity contribution in [1.82, 2.24) is 5.32 Å². The largest absolute Gasteiger partial charge is 0.478 e. The Morgan fingerprint density at radius 3 is 2.38 bits per heavy atom. The summed E-state index contributed by atoms with van der Waals surface area (Å²) in [7, 11) is 0. The van der Waals surface area contributed by atoms with E-state index in [1.165, 1.54) is 25.0 Å². The molecule has 0 radical (unpaired) electrons. The first-order valence-electron chi connectivity index (χ1n) is 7.16. The van der Waals surface area contributed by atoms with Gasteiger partial charge in [0.2, 0.25) is 0 Å². The highest BCUT2D eigenvalue weighted by atomic mass is 79.9. The second-order valence-electron chi connectivity index (χ2n) is 5.29. The second-order valence-corrected chi connectivity index (χ2v) is 6.14. The maximum absolute atomic E-state index is 12.0. The van der Waals surface area contributed by atoms with E-state index in [2.05, 4.69) is 26.6 Å². The van der Waals surface area contributed by atoms with E-state index in [9.17, 15) is 9.59 Å². The van der Waals surface area contributed by atoms with Crippen molar-refractivity contribution < 1.29 is 14.7 Å². The fourth-order valence-electron chi connectivity index (χ4n) is 2.52. The summed E-state index contributed by atoms with van der Waals surface area (Å²) in [4.78, 5) is 22.9. The molecular weight excluding hydrogens is 336 g/mol. The molecule has 1 fully saturated rings. The Morgan fingerprint density at radius 1 is 1.14 bits per heavy atom. The number of carbonyl (C=O) groups excluding carboxylic acids is 1. The van der Waals surface area contributed by atoms with E-state index in [1.807, 2.05) is 0 Å². The van der Waals surface area contributed by atoms with Crippen LogP contribution in [0.2, 0.25) is 0 Å². The molecular formula is C15H19BrN2O3. The summed E-state index contributed by atoms with van der Waals surface area (Å²) in [6.45, 7) is 0. The van der Waals surface area contributed by atoms with Crippen LogP contribution in [0.4, 0.5) is 10.5 Å². The van der Waals surface area contributed by atoms with Gasteiger partial charge in [-0.25, -0.2) is 9.59 Å². The SMILES string of the molecule is O=C(Nc1ccc(C(=O)O)cc1Br)NC1CCCCCC1. The summed E-state index contributed by atoms with van der Waals surface area (Å²) < 4.78 is 0.554. The third-order valence-electron chi connectivity index (χ3n) is 3.65. The Labute approximate surface area is 132 Å². The molecule has 1 saturated carbocycles. The van der Waals surface area contributed by atoms with Crippen molar-refractivity contribution in [3.63, 3.8) is 0 Å². The fourth-order valence-corrected chi connectivity index (χ4v) is 2.99. The smallest absolute Gasteiger partial charge is 0.335 e. The van der Waals surface area contributed by atoms with Crippen LogP contribution < -0.4 is 10.6 Å². The first-order chi connectivity index (χ1) is 10.1. The van der Waals surface area contributed by atoms with Gasteiger partial charge in [-0.15, -0.1) is 0 Å². The quantitative estimate of drug-likeness (QED) is 0.718. The zero-order valence-electron chi connectivity index (χ0n) is 11.7. The molecule has 0 bridgehead atoms. The van der Waals surface area contributed by atoms with E-state index in [0.29, 0.717) is 10.2 Å². The van der Waals surface area contributed by atoms with Crippen LogP contribution in [0.5, 0.6) is 0 Å². The van der Waals surface area contributed by atoms with Crippen LogP contribution in [-0.2, 0) is 0 Å². The van der Waals surface area contributed by atoms with Crippen LogP contribution in [0.3, 0.4) is 0 Å². The lowest BCUT2D eigenvalue weighted by molar-refractivity contribution is 0.0697. The highest BCUT2D eigenvalue weighted by molar-refractivity contribution is 9.10. The third kappa shape index (κ3) is 4.74. The van der Waals surface area contributed by atoms with Crippen LogP contribution in [-0.4, -0.2) is 23.1 Å². The predicted molar refractivity (Wildman–Crippen MR) is 84.7 cm³/mol. The van der Waals surface area contributed by atoms with E-state index in [-0.39, 0.29) is 17.6 Å². The van der Waals surface area contributed by atoms with Crippen LogP contribution in [0.25, 0.3) is 0 Å². The highest BCUT2D eigenvalue weighted by Gasteiger charge is 2.15. The number of benzene rings is 1. The van der Waals surface area contributed by atoms with Crippen LogP contribution in [0.15, 0.2) is 22.7 Å².